The van der Waals surface area contributed by atoms with Crippen LogP contribution in [0, 0.1) is 6.57 Å². The smallest absolute Gasteiger partial charge is 0.189 e. The third-order valence-electron chi connectivity index (χ3n) is 9.11. The summed E-state index contributed by atoms with van der Waals surface area (Å²) < 4.78 is 4.65. The zero-order valence-electron chi connectivity index (χ0n) is 24.9. The van der Waals surface area contributed by atoms with E-state index in [-0.39, 0.29) is 0 Å². The fourth-order valence-electron chi connectivity index (χ4n) is 7.00. The Hall–Kier alpha value is -6.37. The molecule has 0 atom stereocenters. The van der Waals surface area contributed by atoms with E-state index in [0.29, 0.717) is 5.69 Å². The van der Waals surface area contributed by atoms with Crippen molar-refractivity contribution in [3.8, 4) is 33.6 Å². The van der Waals surface area contributed by atoms with E-state index in [1.54, 1.807) is 0 Å². The summed E-state index contributed by atoms with van der Waals surface area (Å²) in [6, 6.07) is 58.1. The summed E-state index contributed by atoms with van der Waals surface area (Å²) in [7, 11) is 0. The number of fused-ring (bicyclic) bond motifs is 6. The van der Waals surface area contributed by atoms with Crippen molar-refractivity contribution in [2.75, 3.05) is 0 Å². The van der Waals surface area contributed by atoms with Crippen LogP contribution in [0.15, 0.2) is 164 Å². The molecule has 0 unspecified atom stereocenters. The highest BCUT2D eigenvalue weighted by atomic mass is 15.0. The zero-order chi connectivity index (χ0) is 30.6. The maximum Gasteiger partial charge on any atom is 0.189 e. The highest BCUT2D eigenvalue weighted by Crippen LogP contribution is 2.39. The number of hydrogen-bond donors (Lipinski definition) is 0. The van der Waals surface area contributed by atoms with E-state index in [2.05, 4.69) is 160 Å². The molecule has 9 rings (SSSR count). The normalized spacial score (nSPS) is 11.5. The molecule has 3 heteroatoms. The molecule has 0 spiro atoms. The van der Waals surface area contributed by atoms with E-state index >= 15 is 0 Å². The van der Waals surface area contributed by atoms with Crippen molar-refractivity contribution in [2.24, 2.45) is 0 Å². The van der Waals surface area contributed by atoms with Gasteiger partial charge in [0.05, 0.1) is 23.1 Å². The highest BCUT2D eigenvalue weighted by Gasteiger charge is 2.16. The lowest BCUT2D eigenvalue weighted by Gasteiger charge is -2.11. The number of rotatable bonds is 4. The van der Waals surface area contributed by atoms with Crippen LogP contribution in [0.2, 0.25) is 0 Å². The Labute approximate surface area is 266 Å². The molecule has 0 aliphatic rings. The molecule has 0 aliphatic heterocycles. The van der Waals surface area contributed by atoms with E-state index in [1.807, 2.05) is 18.2 Å². The minimum atomic E-state index is 0.642. The van der Waals surface area contributed by atoms with Crippen molar-refractivity contribution in [1.29, 1.82) is 0 Å². The summed E-state index contributed by atoms with van der Waals surface area (Å²) in [5, 5.41) is 4.78. The molecule has 2 aromatic heterocycles. The quantitative estimate of drug-likeness (QED) is 0.182. The molecule has 0 saturated heterocycles. The van der Waals surface area contributed by atoms with Crippen LogP contribution in [0.5, 0.6) is 0 Å². The Morgan fingerprint density at radius 1 is 0.348 bits per heavy atom. The number of hydrogen-bond acceptors (Lipinski definition) is 0. The van der Waals surface area contributed by atoms with Crippen molar-refractivity contribution >= 4 is 49.3 Å². The molecular weight excluding hydrogens is 558 g/mol. The Balaban J connectivity index is 1.23. The molecule has 0 radical (unpaired) electrons. The van der Waals surface area contributed by atoms with Gasteiger partial charge in [0.15, 0.2) is 5.69 Å². The van der Waals surface area contributed by atoms with Crippen LogP contribution >= 0.6 is 0 Å². The molecule has 7 aromatic carbocycles. The molecule has 0 saturated carbocycles. The van der Waals surface area contributed by atoms with Crippen LogP contribution in [-0.2, 0) is 0 Å². The maximum atomic E-state index is 7.62. The summed E-state index contributed by atoms with van der Waals surface area (Å²) in [5.41, 5.74) is 12.2. The molecule has 0 bridgehead atoms. The van der Waals surface area contributed by atoms with Gasteiger partial charge in [-0.15, -0.1) is 0 Å². The first-order chi connectivity index (χ1) is 22.8. The van der Waals surface area contributed by atoms with E-state index in [4.69, 9.17) is 6.57 Å². The maximum absolute atomic E-state index is 7.62. The van der Waals surface area contributed by atoms with E-state index < -0.39 is 0 Å². The summed E-state index contributed by atoms with van der Waals surface area (Å²) in [6.07, 6.45) is 0. The summed E-state index contributed by atoms with van der Waals surface area (Å²) in [6.45, 7) is 7.62. The van der Waals surface area contributed by atoms with Gasteiger partial charge in [0.2, 0.25) is 0 Å². The van der Waals surface area contributed by atoms with Crippen LogP contribution in [-0.4, -0.2) is 9.13 Å². The second-order valence-corrected chi connectivity index (χ2v) is 11.7. The Kier molecular flexibility index (Phi) is 5.88. The number of aromatic nitrogens is 2. The van der Waals surface area contributed by atoms with E-state index in [9.17, 15) is 0 Å². The minimum Gasteiger partial charge on any atom is -0.311 e. The fourth-order valence-corrected chi connectivity index (χ4v) is 7.00. The molecule has 214 valence electrons. The molecule has 0 aliphatic carbocycles. The second-order valence-electron chi connectivity index (χ2n) is 11.7. The van der Waals surface area contributed by atoms with E-state index in [0.717, 1.165) is 27.8 Å². The van der Waals surface area contributed by atoms with Gasteiger partial charge < -0.3 is 9.13 Å². The minimum absolute atomic E-state index is 0.642. The summed E-state index contributed by atoms with van der Waals surface area (Å²) in [5.74, 6) is 0. The summed E-state index contributed by atoms with van der Waals surface area (Å²) in [4.78, 5) is 3.72. The van der Waals surface area contributed by atoms with Crippen LogP contribution in [0.3, 0.4) is 0 Å². The van der Waals surface area contributed by atoms with Crippen molar-refractivity contribution in [3.63, 3.8) is 0 Å². The highest BCUT2D eigenvalue weighted by molar-refractivity contribution is 6.13. The number of benzene rings is 7. The second kappa shape index (κ2) is 10.4. The molecular formula is C43H27N3. The lowest BCUT2D eigenvalue weighted by molar-refractivity contribution is 1.18. The van der Waals surface area contributed by atoms with Crippen LogP contribution in [0.1, 0.15) is 0 Å². The molecule has 0 amide bonds. The molecule has 46 heavy (non-hydrogen) atoms. The fraction of sp³-hybridized carbons (Fsp3) is 0. The largest absolute Gasteiger partial charge is 0.311 e. The average Bonchev–Trinajstić information content (AvgIpc) is 3.64. The topological polar surface area (TPSA) is 14.2 Å². The van der Waals surface area contributed by atoms with Gasteiger partial charge in [-0.1, -0.05) is 103 Å². The van der Waals surface area contributed by atoms with Gasteiger partial charge in [-0.25, -0.2) is 4.85 Å². The van der Waals surface area contributed by atoms with Crippen LogP contribution in [0.25, 0.3) is 82.1 Å². The first-order valence-corrected chi connectivity index (χ1v) is 15.5. The molecule has 3 nitrogen and oxygen atoms in total. The Morgan fingerprint density at radius 2 is 0.891 bits per heavy atom. The lowest BCUT2D eigenvalue weighted by Crippen LogP contribution is -1.94. The van der Waals surface area contributed by atoms with Gasteiger partial charge in [-0.2, -0.15) is 0 Å². The molecule has 0 N–H and O–H groups in total. The van der Waals surface area contributed by atoms with Gasteiger partial charge in [0, 0.05) is 38.4 Å². The lowest BCUT2D eigenvalue weighted by atomic mass is 10.0. The standard InChI is InChI=1S/C43H27N3/c1-44-33-21-22-37-39-27-32(19-23-41(39)45(43(37)28-33)34-14-6-3-7-15-34)31-20-24-42-38(26-31)36-17-8-9-18-40(36)46(42)35-16-10-13-30(25-35)29-11-4-2-5-12-29/h2-28H. The van der Waals surface area contributed by atoms with Crippen molar-refractivity contribution in [2.45, 2.75) is 0 Å². The predicted molar refractivity (Wildman–Crippen MR) is 192 cm³/mol. The number of para-hydroxylation sites is 2. The SMILES string of the molecule is [C-]#[N+]c1ccc2c3cc(-c4ccc5c(c4)c4ccccc4n5-c4cccc(-c5ccccc5)c4)ccc3n(-c3ccccc3)c2c1. The Bertz CT molecular complexity index is 2630. The van der Waals surface area contributed by atoms with Gasteiger partial charge in [-0.3, -0.25) is 0 Å². The van der Waals surface area contributed by atoms with Crippen molar-refractivity contribution in [1.82, 2.24) is 9.13 Å². The van der Waals surface area contributed by atoms with Crippen molar-refractivity contribution < 1.29 is 0 Å². The predicted octanol–water partition coefficient (Wildman–Crippen LogP) is 11.8. The third-order valence-corrected chi connectivity index (χ3v) is 9.11. The monoisotopic (exact) mass is 585 g/mol. The molecule has 9 aromatic rings. The third kappa shape index (κ3) is 4.05. The van der Waals surface area contributed by atoms with Gasteiger partial charge >= 0.3 is 0 Å². The Morgan fingerprint density at radius 3 is 1.61 bits per heavy atom. The first kappa shape index (κ1) is 26.1. The first-order valence-electron chi connectivity index (χ1n) is 15.5. The zero-order valence-corrected chi connectivity index (χ0v) is 24.9. The van der Waals surface area contributed by atoms with E-state index in [1.165, 1.54) is 49.4 Å². The number of nitrogens with zero attached hydrogens (tertiary/aromatic N) is 3. The van der Waals surface area contributed by atoms with Gasteiger partial charge in [0.1, 0.15) is 0 Å². The molecule has 0 fully saturated rings. The average molecular weight is 586 g/mol. The van der Waals surface area contributed by atoms with Gasteiger partial charge in [-0.05, 0) is 82.9 Å². The van der Waals surface area contributed by atoms with Crippen LogP contribution in [0.4, 0.5) is 5.69 Å². The molecule has 2 heterocycles. The van der Waals surface area contributed by atoms with Gasteiger partial charge in [0.25, 0.3) is 0 Å². The van der Waals surface area contributed by atoms with Crippen LogP contribution < -0.4 is 0 Å². The van der Waals surface area contributed by atoms with Crippen molar-refractivity contribution in [3.05, 3.63) is 175 Å². The summed E-state index contributed by atoms with van der Waals surface area (Å²) >= 11 is 0.